The Morgan fingerprint density at radius 1 is 0.833 bits per heavy atom. The molecule has 1 N–H and O–H groups in total. The van der Waals surface area contributed by atoms with Crippen LogP contribution in [0.25, 0.3) is 28.0 Å². The summed E-state index contributed by atoms with van der Waals surface area (Å²) in [5.74, 6) is -0.543. The molecule has 0 atom stereocenters. The molecule has 1 amide bonds. The van der Waals surface area contributed by atoms with E-state index >= 15 is 0 Å². The lowest BCUT2D eigenvalue weighted by molar-refractivity contribution is -0.137. The predicted octanol–water partition coefficient (Wildman–Crippen LogP) is 6.21. The van der Waals surface area contributed by atoms with Crippen molar-refractivity contribution in [1.29, 1.82) is 0 Å². The van der Waals surface area contributed by atoms with Gasteiger partial charge in [0.05, 0.1) is 17.0 Å². The molecular formula is C26H18F3N5OS. The lowest BCUT2D eigenvalue weighted by Gasteiger charge is -2.09. The van der Waals surface area contributed by atoms with Crippen LogP contribution in [0.5, 0.6) is 0 Å². The first-order valence-electron chi connectivity index (χ1n) is 10.8. The topological polar surface area (TPSA) is 72.2 Å². The molecule has 10 heteroatoms. The van der Waals surface area contributed by atoms with Crippen molar-refractivity contribution in [3.63, 3.8) is 0 Å². The third-order valence-electron chi connectivity index (χ3n) is 5.33. The molecule has 2 heterocycles. The standard InChI is InChI=1S/C26H18F3N5OS/c27-26(28,29)20-7-4-8-21(15-20)30-24(35)16-36-25-32-31-23-14-13-22(33-34(23)25)19-11-9-18(10-12-19)17-5-2-1-3-6-17/h1-15H,16H2,(H,30,35). The summed E-state index contributed by atoms with van der Waals surface area (Å²) in [5, 5.41) is 15.7. The highest BCUT2D eigenvalue weighted by Crippen LogP contribution is 2.31. The summed E-state index contributed by atoms with van der Waals surface area (Å²) in [6.45, 7) is 0. The average molecular weight is 506 g/mol. The van der Waals surface area contributed by atoms with Gasteiger partial charge < -0.3 is 5.32 Å². The van der Waals surface area contributed by atoms with Crippen LogP contribution in [-0.4, -0.2) is 31.5 Å². The number of rotatable bonds is 6. The summed E-state index contributed by atoms with van der Waals surface area (Å²) in [6.07, 6.45) is -4.48. The van der Waals surface area contributed by atoms with Gasteiger partial charge in [-0.25, -0.2) is 0 Å². The highest BCUT2D eigenvalue weighted by Gasteiger charge is 2.30. The minimum absolute atomic E-state index is 0.0703. The van der Waals surface area contributed by atoms with Crippen molar-refractivity contribution in [1.82, 2.24) is 19.8 Å². The van der Waals surface area contributed by atoms with Crippen LogP contribution < -0.4 is 5.32 Å². The van der Waals surface area contributed by atoms with Crippen LogP contribution in [0.1, 0.15) is 5.56 Å². The van der Waals surface area contributed by atoms with Gasteiger partial charge in [-0.15, -0.1) is 10.2 Å². The van der Waals surface area contributed by atoms with E-state index in [1.165, 1.54) is 12.1 Å². The quantitative estimate of drug-likeness (QED) is 0.278. The zero-order valence-corrected chi connectivity index (χ0v) is 19.4. The maximum absolute atomic E-state index is 12.9. The maximum atomic E-state index is 12.9. The van der Waals surface area contributed by atoms with E-state index in [0.29, 0.717) is 16.5 Å². The van der Waals surface area contributed by atoms with Gasteiger partial charge >= 0.3 is 6.18 Å². The van der Waals surface area contributed by atoms with Crippen LogP contribution >= 0.6 is 11.8 Å². The molecule has 0 aliphatic rings. The third-order valence-corrected chi connectivity index (χ3v) is 6.25. The van der Waals surface area contributed by atoms with Gasteiger partial charge in [-0.1, -0.05) is 72.4 Å². The Morgan fingerprint density at radius 2 is 1.56 bits per heavy atom. The number of benzene rings is 3. The number of thioether (sulfide) groups is 1. The molecule has 0 bridgehead atoms. The predicted molar refractivity (Wildman–Crippen MR) is 132 cm³/mol. The zero-order valence-electron chi connectivity index (χ0n) is 18.6. The first kappa shape index (κ1) is 23.6. The van der Waals surface area contributed by atoms with Crippen LogP contribution in [0.2, 0.25) is 0 Å². The van der Waals surface area contributed by atoms with E-state index < -0.39 is 17.6 Å². The second-order valence-electron chi connectivity index (χ2n) is 7.83. The molecule has 0 saturated heterocycles. The van der Waals surface area contributed by atoms with Crippen molar-refractivity contribution in [3.8, 4) is 22.4 Å². The van der Waals surface area contributed by atoms with Gasteiger partial charge in [-0.2, -0.15) is 22.8 Å². The highest BCUT2D eigenvalue weighted by molar-refractivity contribution is 7.99. The van der Waals surface area contributed by atoms with E-state index in [1.807, 2.05) is 60.7 Å². The van der Waals surface area contributed by atoms with Crippen molar-refractivity contribution in [2.45, 2.75) is 11.3 Å². The number of anilines is 1. The molecule has 0 saturated carbocycles. The molecule has 0 aliphatic carbocycles. The Balaban J connectivity index is 1.29. The van der Waals surface area contributed by atoms with E-state index in [0.717, 1.165) is 40.6 Å². The molecule has 180 valence electrons. The summed E-state index contributed by atoms with van der Waals surface area (Å²) in [4.78, 5) is 12.4. The number of halogens is 3. The normalized spacial score (nSPS) is 11.5. The highest BCUT2D eigenvalue weighted by atomic mass is 32.2. The van der Waals surface area contributed by atoms with Crippen molar-refractivity contribution >= 4 is 29.0 Å². The third kappa shape index (κ3) is 5.23. The molecule has 0 aliphatic heterocycles. The van der Waals surface area contributed by atoms with Gasteiger partial charge in [-0.05, 0) is 41.5 Å². The second kappa shape index (κ2) is 9.82. The number of hydrogen-bond acceptors (Lipinski definition) is 5. The maximum Gasteiger partial charge on any atom is 0.416 e. The SMILES string of the molecule is O=C(CSc1nnc2ccc(-c3ccc(-c4ccccc4)cc3)nn12)Nc1cccc(C(F)(F)F)c1. The summed E-state index contributed by atoms with van der Waals surface area (Å²) in [7, 11) is 0. The molecule has 6 nitrogen and oxygen atoms in total. The second-order valence-corrected chi connectivity index (χ2v) is 8.77. The van der Waals surface area contributed by atoms with E-state index in [9.17, 15) is 18.0 Å². The Labute approximate surface area is 208 Å². The summed E-state index contributed by atoms with van der Waals surface area (Å²) < 4.78 is 40.2. The van der Waals surface area contributed by atoms with Gasteiger partial charge in [0.25, 0.3) is 0 Å². The molecular weight excluding hydrogens is 487 g/mol. The Morgan fingerprint density at radius 3 is 2.31 bits per heavy atom. The number of carbonyl (C=O) groups is 1. The van der Waals surface area contributed by atoms with Crippen LogP contribution in [0.3, 0.4) is 0 Å². The lowest BCUT2D eigenvalue weighted by Crippen LogP contribution is -2.15. The number of fused-ring (bicyclic) bond motifs is 1. The number of carbonyl (C=O) groups excluding carboxylic acids is 1. The number of alkyl halides is 3. The molecule has 5 aromatic rings. The van der Waals surface area contributed by atoms with E-state index in [4.69, 9.17) is 0 Å². The lowest BCUT2D eigenvalue weighted by atomic mass is 10.0. The molecule has 0 fully saturated rings. The molecule has 0 radical (unpaired) electrons. The van der Waals surface area contributed by atoms with E-state index in [1.54, 1.807) is 10.6 Å². The number of nitrogens with zero attached hydrogens (tertiary/aromatic N) is 4. The number of amides is 1. The van der Waals surface area contributed by atoms with Gasteiger partial charge in [0.1, 0.15) is 0 Å². The number of nitrogens with one attached hydrogen (secondary N) is 1. The Bertz CT molecular complexity index is 1520. The number of aromatic nitrogens is 4. The first-order valence-corrected chi connectivity index (χ1v) is 11.8. The van der Waals surface area contributed by atoms with E-state index in [-0.39, 0.29) is 11.4 Å². The molecule has 0 spiro atoms. The van der Waals surface area contributed by atoms with Crippen molar-refractivity contribution < 1.29 is 18.0 Å². The summed E-state index contributed by atoms with van der Waals surface area (Å²) in [5.41, 5.74) is 3.58. The summed E-state index contributed by atoms with van der Waals surface area (Å²) in [6, 6.07) is 26.2. The minimum Gasteiger partial charge on any atom is -0.325 e. The van der Waals surface area contributed by atoms with Gasteiger partial charge in [0.2, 0.25) is 11.1 Å². The monoisotopic (exact) mass is 505 g/mol. The van der Waals surface area contributed by atoms with Crippen LogP contribution in [0, 0.1) is 0 Å². The fourth-order valence-corrected chi connectivity index (χ4v) is 4.27. The Hall–Kier alpha value is -4.18. The minimum atomic E-state index is -4.48. The van der Waals surface area contributed by atoms with Crippen molar-refractivity contribution in [2.75, 3.05) is 11.1 Å². The van der Waals surface area contributed by atoms with E-state index in [2.05, 4.69) is 20.6 Å². The van der Waals surface area contributed by atoms with Crippen molar-refractivity contribution in [2.24, 2.45) is 0 Å². The van der Waals surface area contributed by atoms with Crippen molar-refractivity contribution in [3.05, 3.63) is 96.6 Å². The summed E-state index contributed by atoms with van der Waals surface area (Å²) >= 11 is 1.09. The Kier molecular flexibility index (Phi) is 6.43. The fourth-order valence-electron chi connectivity index (χ4n) is 3.58. The van der Waals surface area contributed by atoms with Crippen LogP contribution in [0.4, 0.5) is 18.9 Å². The molecule has 3 aromatic carbocycles. The average Bonchev–Trinajstić information content (AvgIpc) is 3.30. The largest absolute Gasteiger partial charge is 0.416 e. The van der Waals surface area contributed by atoms with Gasteiger partial charge in [0.15, 0.2) is 5.65 Å². The smallest absolute Gasteiger partial charge is 0.325 e. The first-order chi connectivity index (χ1) is 17.4. The van der Waals surface area contributed by atoms with Gasteiger partial charge in [0, 0.05) is 11.3 Å². The zero-order chi connectivity index (χ0) is 25.1. The fraction of sp³-hybridized carbons (Fsp3) is 0.0769. The molecule has 0 unspecified atom stereocenters. The van der Waals surface area contributed by atoms with Crippen LogP contribution in [-0.2, 0) is 11.0 Å². The van der Waals surface area contributed by atoms with Gasteiger partial charge in [-0.3, -0.25) is 4.79 Å². The number of hydrogen-bond donors (Lipinski definition) is 1. The molecule has 2 aromatic heterocycles. The molecule has 36 heavy (non-hydrogen) atoms. The van der Waals surface area contributed by atoms with Crippen LogP contribution in [0.15, 0.2) is 96.2 Å². The molecule has 5 rings (SSSR count).